The summed E-state index contributed by atoms with van der Waals surface area (Å²) in [6, 6.07) is 15.1. The second kappa shape index (κ2) is 10.5. The molecule has 2 aromatic rings. The third-order valence-corrected chi connectivity index (χ3v) is 4.76. The maximum Gasteiger partial charge on any atom is 0.222 e. The number of halogens is 1. The molecule has 0 saturated carbocycles. The lowest BCUT2D eigenvalue weighted by atomic mass is 10.1. The predicted octanol–water partition coefficient (Wildman–Crippen LogP) is 3.52. The van der Waals surface area contributed by atoms with Gasteiger partial charge in [0.15, 0.2) is 5.96 Å². The summed E-state index contributed by atoms with van der Waals surface area (Å²) in [5.74, 6) is 1.05. The minimum absolute atomic E-state index is 0. The van der Waals surface area contributed by atoms with Crippen LogP contribution in [0.25, 0.3) is 10.8 Å². The highest BCUT2D eigenvalue weighted by Crippen LogP contribution is 2.16. The van der Waals surface area contributed by atoms with Gasteiger partial charge in [-0.3, -0.25) is 4.79 Å². The topological polar surface area (TPSA) is 56.7 Å². The van der Waals surface area contributed by atoms with Crippen molar-refractivity contribution in [3.05, 3.63) is 48.0 Å². The highest BCUT2D eigenvalue weighted by Gasteiger charge is 2.25. The number of hydrogen-bond acceptors (Lipinski definition) is 2. The van der Waals surface area contributed by atoms with Crippen LogP contribution in [0.2, 0.25) is 0 Å². The molecule has 1 amide bonds. The molecule has 1 heterocycles. The lowest BCUT2D eigenvalue weighted by Gasteiger charge is -2.18. The number of hydrogen-bond donors (Lipinski definition) is 2. The number of benzene rings is 2. The largest absolute Gasteiger partial charge is 0.357 e. The van der Waals surface area contributed by atoms with Crippen LogP contribution < -0.4 is 10.6 Å². The zero-order chi connectivity index (χ0) is 18.4. The van der Waals surface area contributed by atoms with Crippen molar-refractivity contribution in [2.75, 3.05) is 19.6 Å². The van der Waals surface area contributed by atoms with Crippen molar-refractivity contribution in [1.29, 1.82) is 0 Å². The molecule has 0 bridgehead atoms. The van der Waals surface area contributed by atoms with E-state index in [1.807, 2.05) is 11.8 Å². The summed E-state index contributed by atoms with van der Waals surface area (Å²) in [5, 5.41) is 9.27. The molecule has 27 heavy (non-hydrogen) atoms. The van der Waals surface area contributed by atoms with E-state index in [-0.39, 0.29) is 35.9 Å². The van der Waals surface area contributed by atoms with Crippen LogP contribution in [0.5, 0.6) is 0 Å². The molecular weight excluding hydrogens is 451 g/mol. The van der Waals surface area contributed by atoms with Gasteiger partial charge in [0.2, 0.25) is 5.91 Å². The molecular formula is C21H29IN4O. The maximum atomic E-state index is 11.8. The monoisotopic (exact) mass is 480 g/mol. The van der Waals surface area contributed by atoms with Gasteiger partial charge in [0.05, 0.1) is 6.54 Å². The number of fused-ring (bicyclic) bond motifs is 1. The Morgan fingerprint density at radius 1 is 1.19 bits per heavy atom. The average molecular weight is 480 g/mol. The molecule has 1 saturated heterocycles. The van der Waals surface area contributed by atoms with Crippen molar-refractivity contribution in [2.45, 2.75) is 39.3 Å². The molecule has 0 radical (unpaired) electrons. The van der Waals surface area contributed by atoms with Gasteiger partial charge in [0.1, 0.15) is 0 Å². The molecule has 5 nitrogen and oxygen atoms in total. The number of likely N-dealkylation sites (tertiary alicyclic amines) is 1. The van der Waals surface area contributed by atoms with Gasteiger partial charge in [-0.1, -0.05) is 43.3 Å². The molecule has 0 spiro atoms. The zero-order valence-corrected chi connectivity index (χ0v) is 18.4. The summed E-state index contributed by atoms with van der Waals surface area (Å²) in [4.78, 5) is 18.5. The van der Waals surface area contributed by atoms with Crippen molar-refractivity contribution < 1.29 is 4.79 Å². The molecule has 0 aromatic heterocycles. The minimum atomic E-state index is 0. The van der Waals surface area contributed by atoms with E-state index in [0.717, 1.165) is 32.0 Å². The van der Waals surface area contributed by atoms with Crippen molar-refractivity contribution in [3.63, 3.8) is 0 Å². The summed E-state index contributed by atoms with van der Waals surface area (Å²) in [6.45, 7) is 7.01. The molecule has 2 aromatic carbocycles. The number of nitrogens with one attached hydrogen (secondary N) is 2. The first-order valence-electron chi connectivity index (χ1n) is 9.50. The second-order valence-corrected chi connectivity index (χ2v) is 6.70. The Kier molecular flexibility index (Phi) is 8.34. The Bertz CT molecular complexity index is 793. The molecule has 146 valence electrons. The number of carbonyl (C=O) groups excluding carboxylic acids is 1. The van der Waals surface area contributed by atoms with Gasteiger partial charge in [0.25, 0.3) is 0 Å². The SMILES string of the molecule is CCNC(=NCc1ccc2ccccc2c1)NC1CCN(C(=O)CC)C1.I. The fourth-order valence-corrected chi connectivity index (χ4v) is 3.35. The Hall–Kier alpha value is -1.83. The molecule has 1 aliphatic heterocycles. The Morgan fingerprint density at radius 2 is 1.96 bits per heavy atom. The Balaban J connectivity index is 0.00000261. The van der Waals surface area contributed by atoms with E-state index in [1.54, 1.807) is 0 Å². The molecule has 1 aliphatic rings. The van der Waals surface area contributed by atoms with Crippen molar-refractivity contribution in [2.24, 2.45) is 4.99 Å². The van der Waals surface area contributed by atoms with E-state index in [2.05, 4.69) is 60.0 Å². The second-order valence-electron chi connectivity index (χ2n) is 6.70. The van der Waals surface area contributed by atoms with Crippen molar-refractivity contribution >= 4 is 46.6 Å². The molecule has 3 rings (SSSR count). The minimum Gasteiger partial charge on any atom is -0.357 e. The van der Waals surface area contributed by atoms with Crippen molar-refractivity contribution in [3.8, 4) is 0 Å². The number of rotatable bonds is 5. The van der Waals surface area contributed by atoms with Gasteiger partial charge in [-0.2, -0.15) is 0 Å². The first kappa shape index (κ1) is 21.5. The van der Waals surface area contributed by atoms with Gasteiger partial charge in [-0.05, 0) is 35.7 Å². The smallest absolute Gasteiger partial charge is 0.222 e. The van der Waals surface area contributed by atoms with E-state index in [1.165, 1.54) is 16.3 Å². The van der Waals surface area contributed by atoms with Gasteiger partial charge in [-0.15, -0.1) is 24.0 Å². The van der Waals surface area contributed by atoms with Gasteiger partial charge in [0, 0.05) is 32.1 Å². The number of amides is 1. The van der Waals surface area contributed by atoms with E-state index in [9.17, 15) is 4.79 Å². The fourth-order valence-electron chi connectivity index (χ4n) is 3.35. The van der Waals surface area contributed by atoms with Crippen LogP contribution in [0.15, 0.2) is 47.5 Å². The fraction of sp³-hybridized carbons (Fsp3) is 0.429. The van der Waals surface area contributed by atoms with E-state index in [0.29, 0.717) is 13.0 Å². The third kappa shape index (κ3) is 5.82. The quantitative estimate of drug-likeness (QED) is 0.391. The predicted molar refractivity (Wildman–Crippen MR) is 123 cm³/mol. The van der Waals surface area contributed by atoms with Crippen LogP contribution >= 0.6 is 24.0 Å². The molecule has 1 atom stereocenters. The molecule has 0 aliphatic carbocycles. The highest BCUT2D eigenvalue weighted by atomic mass is 127. The van der Waals surface area contributed by atoms with Gasteiger partial charge >= 0.3 is 0 Å². The van der Waals surface area contributed by atoms with Crippen molar-refractivity contribution in [1.82, 2.24) is 15.5 Å². The molecule has 2 N–H and O–H groups in total. The van der Waals surface area contributed by atoms with Crippen LogP contribution in [0.4, 0.5) is 0 Å². The lowest BCUT2D eigenvalue weighted by molar-refractivity contribution is -0.129. The Labute approximate surface area is 178 Å². The molecule has 6 heteroatoms. The first-order chi connectivity index (χ1) is 12.7. The van der Waals surface area contributed by atoms with E-state index in [4.69, 9.17) is 4.99 Å². The standard InChI is InChI=1S/C21H28N4O.HI/c1-3-20(26)25-12-11-19(15-25)24-21(22-4-2)23-14-16-9-10-17-7-5-6-8-18(17)13-16;/h5-10,13,19H,3-4,11-12,14-15H2,1-2H3,(H2,22,23,24);1H. The summed E-state index contributed by atoms with van der Waals surface area (Å²) >= 11 is 0. The Morgan fingerprint density at radius 3 is 2.70 bits per heavy atom. The average Bonchev–Trinajstić information content (AvgIpc) is 3.14. The van der Waals surface area contributed by atoms with Crippen LogP contribution in [-0.2, 0) is 11.3 Å². The number of nitrogens with zero attached hydrogens (tertiary/aromatic N) is 2. The lowest BCUT2D eigenvalue weighted by Crippen LogP contribution is -2.45. The summed E-state index contributed by atoms with van der Waals surface area (Å²) in [7, 11) is 0. The zero-order valence-electron chi connectivity index (χ0n) is 16.1. The first-order valence-corrected chi connectivity index (χ1v) is 9.50. The van der Waals surface area contributed by atoms with Crippen LogP contribution in [-0.4, -0.2) is 42.4 Å². The summed E-state index contributed by atoms with van der Waals surface area (Å²) in [6.07, 6.45) is 1.54. The number of aliphatic imine (C=N–C) groups is 1. The number of guanidine groups is 1. The maximum absolute atomic E-state index is 11.8. The summed E-state index contributed by atoms with van der Waals surface area (Å²) in [5.41, 5.74) is 1.19. The van der Waals surface area contributed by atoms with Gasteiger partial charge < -0.3 is 15.5 Å². The highest BCUT2D eigenvalue weighted by molar-refractivity contribution is 14.0. The van der Waals surface area contributed by atoms with Gasteiger partial charge in [-0.25, -0.2) is 4.99 Å². The van der Waals surface area contributed by atoms with E-state index < -0.39 is 0 Å². The molecule has 1 fully saturated rings. The molecule has 1 unspecified atom stereocenters. The van der Waals surface area contributed by atoms with E-state index >= 15 is 0 Å². The van der Waals surface area contributed by atoms with Crippen LogP contribution in [0, 0.1) is 0 Å². The van der Waals surface area contributed by atoms with Crippen LogP contribution in [0.1, 0.15) is 32.3 Å². The summed E-state index contributed by atoms with van der Waals surface area (Å²) < 4.78 is 0. The van der Waals surface area contributed by atoms with Crippen LogP contribution in [0.3, 0.4) is 0 Å². The third-order valence-electron chi connectivity index (χ3n) is 4.76. The normalized spacial score (nSPS) is 16.9. The number of carbonyl (C=O) groups is 1.